The van der Waals surface area contributed by atoms with Crippen LogP contribution in [0.5, 0.6) is 0 Å². The molecule has 1 atom stereocenters. The Morgan fingerprint density at radius 3 is 2.69 bits per heavy atom. The average Bonchev–Trinajstić information content (AvgIpc) is 2.52. The lowest BCUT2D eigenvalue weighted by Crippen LogP contribution is -2.33. The fourth-order valence-electron chi connectivity index (χ4n) is 2.17. The van der Waals surface area contributed by atoms with Crippen molar-refractivity contribution in [3.05, 3.63) is 0 Å². The molecule has 0 aliphatic carbocycles. The van der Waals surface area contributed by atoms with Crippen LogP contribution in [0, 0.1) is 0 Å². The minimum Gasteiger partial charge on any atom is -0.383 e. The summed E-state index contributed by atoms with van der Waals surface area (Å²) in [6.45, 7) is 6.10. The Morgan fingerprint density at radius 2 is 1.94 bits per heavy atom. The first-order valence-corrected chi connectivity index (χ1v) is 6.30. The number of methoxy groups -OCH3 is 2. The molecule has 0 bridgehead atoms. The number of nitrogens with zero attached hydrogens (tertiary/aromatic N) is 1. The highest BCUT2D eigenvalue weighted by Crippen LogP contribution is 2.10. The number of nitrogens with one attached hydrogen (secondary N) is 1. The molecule has 1 fully saturated rings. The van der Waals surface area contributed by atoms with Crippen LogP contribution in [0.2, 0.25) is 0 Å². The first-order chi connectivity index (χ1) is 7.86. The Labute approximate surface area is 99.3 Å². The topological polar surface area (TPSA) is 33.7 Å². The summed E-state index contributed by atoms with van der Waals surface area (Å²) in [6, 6.07) is 0.669. The summed E-state index contributed by atoms with van der Waals surface area (Å²) in [6.07, 6.45) is 3.81. The van der Waals surface area contributed by atoms with Gasteiger partial charge in [-0.25, -0.2) is 0 Å². The monoisotopic (exact) mass is 230 g/mol. The van der Waals surface area contributed by atoms with E-state index in [9.17, 15) is 0 Å². The maximum atomic E-state index is 5.12. The van der Waals surface area contributed by atoms with Gasteiger partial charge in [-0.1, -0.05) is 0 Å². The fraction of sp³-hybridized carbons (Fsp3) is 1.00. The van der Waals surface area contributed by atoms with Crippen molar-refractivity contribution in [2.24, 2.45) is 0 Å². The summed E-state index contributed by atoms with van der Waals surface area (Å²) in [4.78, 5) is 2.50. The highest BCUT2D eigenvalue weighted by atomic mass is 16.5. The second kappa shape index (κ2) is 8.93. The van der Waals surface area contributed by atoms with E-state index in [1.165, 1.54) is 32.4 Å². The van der Waals surface area contributed by atoms with Gasteiger partial charge < -0.3 is 19.7 Å². The minimum atomic E-state index is 0.669. The van der Waals surface area contributed by atoms with Gasteiger partial charge in [-0.3, -0.25) is 0 Å². The Morgan fingerprint density at radius 1 is 1.12 bits per heavy atom. The summed E-state index contributed by atoms with van der Waals surface area (Å²) in [5, 5.41) is 3.56. The van der Waals surface area contributed by atoms with Gasteiger partial charge >= 0.3 is 0 Å². The molecule has 0 amide bonds. The number of rotatable bonds is 7. The number of ether oxygens (including phenoxy) is 2. The van der Waals surface area contributed by atoms with E-state index in [4.69, 9.17) is 9.47 Å². The number of likely N-dealkylation sites (tertiary alicyclic amines) is 1. The predicted molar refractivity (Wildman–Crippen MR) is 65.8 cm³/mol. The van der Waals surface area contributed by atoms with E-state index in [2.05, 4.69) is 10.2 Å². The van der Waals surface area contributed by atoms with Crippen molar-refractivity contribution in [2.45, 2.75) is 25.3 Å². The van der Waals surface area contributed by atoms with Crippen LogP contribution in [-0.2, 0) is 9.47 Å². The van der Waals surface area contributed by atoms with Gasteiger partial charge in [0.15, 0.2) is 0 Å². The Kier molecular flexibility index (Phi) is 7.76. The van der Waals surface area contributed by atoms with Crippen molar-refractivity contribution >= 4 is 0 Å². The molecule has 0 aromatic rings. The molecule has 0 saturated carbocycles. The van der Waals surface area contributed by atoms with Gasteiger partial charge in [-0.05, 0) is 32.4 Å². The summed E-state index contributed by atoms with van der Waals surface area (Å²) in [5.41, 5.74) is 0. The summed E-state index contributed by atoms with van der Waals surface area (Å²) < 4.78 is 10.2. The van der Waals surface area contributed by atoms with Crippen molar-refractivity contribution in [3.63, 3.8) is 0 Å². The molecule has 1 heterocycles. The van der Waals surface area contributed by atoms with E-state index in [0.717, 1.165) is 26.3 Å². The fourth-order valence-corrected chi connectivity index (χ4v) is 2.17. The molecule has 0 aromatic carbocycles. The molecule has 1 aliphatic heterocycles. The molecule has 0 unspecified atom stereocenters. The van der Waals surface area contributed by atoms with E-state index in [1.54, 1.807) is 14.2 Å². The molecule has 1 rings (SSSR count). The molecule has 96 valence electrons. The highest BCUT2D eigenvalue weighted by molar-refractivity contribution is 4.74. The van der Waals surface area contributed by atoms with Crippen molar-refractivity contribution in [3.8, 4) is 0 Å². The molecule has 16 heavy (non-hydrogen) atoms. The van der Waals surface area contributed by atoms with Crippen LogP contribution in [-0.4, -0.2) is 64.6 Å². The molecule has 1 saturated heterocycles. The van der Waals surface area contributed by atoms with Gasteiger partial charge in [0.25, 0.3) is 0 Å². The van der Waals surface area contributed by atoms with Crippen LogP contribution >= 0.6 is 0 Å². The average molecular weight is 230 g/mol. The number of hydrogen-bond acceptors (Lipinski definition) is 4. The Hall–Kier alpha value is -0.160. The van der Waals surface area contributed by atoms with Crippen LogP contribution in [0.15, 0.2) is 0 Å². The van der Waals surface area contributed by atoms with Crippen molar-refractivity contribution in [1.29, 1.82) is 0 Å². The van der Waals surface area contributed by atoms with Crippen LogP contribution < -0.4 is 5.32 Å². The molecule has 0 radical (unpaired) electrons. The zero-order chi connectivity index (χ0) is 11.6. The molecule has 1 aliphatic rings. The zero-order valence-electron chi connectivity index (χ0n) is 10.7. The lowest BCUT2D eigenvalue weighted by molar-refractivity contribution is 0.149. The van der Waals surface area contributed by atoms with E-state index in [-0.39, 0.29) is 0 Å². The predicted octanol–water partition coefficient (Wildman–Crippen LogP) is 0.723. The maximum Gasteiger partial charge on any atom is 0.0589 e. The highest BCUT2D eigenvalue weighted by Gasteiger charge is 2.15. The third-order valence-electron chi connectivity index (χ3n) is 3.17. The summed E-state index contributed by atoms with van der Waals surface area (Å²) in [7, 11) is 3.52. The third kappa shape index (κ3) is 5.80. The quantitative estimate of drug-likeness (QED) is 0.654. The Balaban J connectivity index is 2.13. The number of hydrogen-bond donors (Lipinski definition) is 1. The third-order valence-corrected chi connectivity index (χ3v) is 3.17. The van der Waals surface area contributed by atoms with E-state index >= 15 is 0 Å². The first kappa shape index (κ1) is 13.9. The maximum absolute atomic E-state index is 5.12. The smallest absolute Gasteiger partial charge is 0.0589 e. The summed E-state index contributed by atoms with van der Waals surface area (Å²) in [5.74, 6) is 0. The van der Waals surface area contributed by atoms with Gasteiger partial charge in [0.1, 0.15) is 0 Å². The molecular formula is C12H26N2O2. The molecule has 4 heteroatoms. The van der Waals surface area contributed by atoms with Crippen molar-refractivity contribution in [1.82, 2.24) is 10.2 Å². The van der Waals surface area contributed by atoms with Gasteiger partial charge in [0.2, 0.25) is 0 Å². The lowest BCUT2D eigenvalue weighted by Gasteiger charge is -2.19. The van der Waals surface area contributed by atoms with Gasteiger partial charge in [0.05, 0.1) is 13.2 Å². The van der Waals surface area contributed by atoms with Crippen molar-refractivity contribution in [2.75, 3.05) is 53.6 Å². The van der Waals surface area contributed by atoms with Gasteiger partial charge in [0, 0.05) is 33.4 Å². The second-order valence-electron chi connectivity index (χ2n) is 4.41. The van der Waals surface area contributed by atoms with Crippen LogP contribution in [0.3, 0.4) is 0 Å². The van der Waals surface area contributed by atoms with E-state index < -0.39 is 0 Å². The minimum absolute atomic E-state index is 0.669. The van der Waals surface area contributed by atoms with E-state index in [0.29, 0.717) is 6.04 Å². The SMILES string of the molecule is COCCN[C@@H]1CCCN(CCOC)CC1. The normalized spacial score (nSPS) is 23.2. The Bertz CT molecular complexity index is 167. The standard InChI is InChI=1S/C12H26N2O2/c1-15-10-6-13-12-4-3-7-14(8-5-12)9-11-16-2/h12-13H,3-11H2,1-2H3/t12-/m1/s1. The molecule has 1 N–H and O–H groups in total. The molecule has 0 spiro atoms. The van der Waals surface area contributed by atoms with Gasteiger partial charge in [-0.2, -0.15) is 0 Å². The molecule has 4 nitrogen and oxygen atoms in total. The second-order valence-corrected chi connectivity index (χ2v) is 4.41. The van der Waals surface area contributed by atoms with Crippen LogP contribution in [0.4, 0.5) is 0 Å². The molecular weight excluding hydrogens is 204 g/mol. The summed E-state index contributed by atoms with van der Waals surface area (Å²) >= 11 is 0. The molecule has 0 aromatic heterocycles. The zero-order valence-corrected chi connectivity index (χ0v) is 10.7. The van der Waals surface area contributed by atoms with Gasteiger partial charge in [-0.15, -0.1) is 0 Å². The van der Waals surface area contributed by atoms with Crippen LogP contribution in [0.25, 0.3) is 0 Å². The van der Waals surface area contributed by atoms with Crippen LogP contribution in [0.1, 0.15) is 19.3 Å². The van der Waals surface area contributed by atoms with Crippen molar-refractivity contribution < 1.29 is 9.47 Å². The largest absolute Gasteiger partial charge is 0.383 e. The lowest BCUT2D eigenvalue weighted by atomic mass is 10.1. The first-order valence-electron chi connectivity index (χ1n) is 6.30. The van der Waals surface area contributed by atoms with E-state index in [1.807, 2.05) is 0 Å².